The summed E-state index contributed by atoms with van der Waals surface area (Å²) in [5.41, 5.74) is 0. The molecule has 2 rings (SSSR count). The summed E-state index contributed by atoms with van der Waals surface area (Å²) in [6.07, 6.45) is 2.00. The van der Waals surface area contributed by atoms with E-state index in [2.05, 4.69) is 15.5 Å². The van der Waals surface area contributed by atoms with Crippen LogP contribution in [0.1, 0.15) is 16.4 Å². The molecular weight excluding hydrogens is 286 g/mol. The van der Waals surface area contributed by atoms with Crippen molar-refractivity contribution in [1.29, 1.82) is 0 Å². The molecule has 0 aliphatic rings. The van der Waals surface area contributed by atoms with Crippen LogP contribution in [0.15, 0.2) is 30.3 Å². The van der Waals surface area contributed by atoms with Crippen LogP contribution in [0.3, 0.4) is 0 Å². The quantitative estimate of drug-likeness (QED) is 0.683. The number of aryl methyl sites for hydroxylation is 1. The number of benzene rings is 1. The van der Waals surface area contributed by atoms with Crippen LogP contribution in [0.5, 0.6) is 5.75 Å². The fraction of sp³-hybridized carbons (Fsp3) is 0.467. The van der Waals surface area contributed by atoms with Crippen LogP contribution in [0, 0.1) is 0 Å². The molecule has 21 heavy (non-hydrogen) atoms. The van der Waals surface area contributed by atoms with Gasteiger partial charge in [-0.05, 0) is 25.1 Å². The molecule has 0 saturated heterocycles. The van der Waals surface area contributed by atoms with Crippen LogP contribution < -0.4 is 10.1 Å². The fourth-order valence-corrected chi connectivity index (χ4v) is 2.57. The van der Waals surface area contributed by atoms with E-state index in [0.29, 0.717) is 6.61 Å². The second kappa shape index (κ2) is 9.44. The lowest BCUT2D eigenvalue weighted by molar-refractivity contribution is 0.199. The predicted octanol–water partition coefficient (Wildman–Crippen LogP) is 2.29. The van der Waals surface area contributed by atoms with Crippen molar-refractivity contribution in [3.05, 3.63) is 40.3 Å². The normalized spacial score (nSPS) is 10.7. The van der Waals surface area contributed by atoms with E-state index < -0.39 is 0 Å². The van der Waals surface area contributed by atoms with Gasteiger partial charge in [-0.3, -0.25) is 0 Å². The summed E-state index contributed by atoms with van der Waals surface area (Å²) >= 11 is 1.62. The van der Waals surface area contributed by atoms with Crippen LogP contribution in [0.25, 0.3) is 0 Å². The Hall–Kier alpha value is -1.50. The van der Waals surface area contributed by atoms with E-state index in [0.717, 1.165) is 48.3 Å². The van der Waals surface area contributed by atoms with Gasteiger partial charge in [-0.1, -0.05) is 29.5 Å². The van der Waals surface area contributed by atoms with Gasteiger partial charge < -0.3 is 14.8 Å². The van der Waals surface area contributed by atoms with Gasteiger partial charge in [0.05, 0.1) is 6.61 Å². The lowest BCUT2D eigenvalue weighted by atomic mass is 10.3. The van der Waals surface area contributed by atoms with E-state index in [9.17, 15) is 0 Å². The third kappa shape index (κ3) is 6.20. The van der Waals surface area contributed by atoms with Gasteiger partial charge in [0.2, 0.25) is 0 Å². The zero-order valence-corrected chi connectivity index (χ0v) is 13.1. The molecule has 0 aliphatic heterocycles. The summed E-state index contributed by atoms with van der Waals surface area (Å²) in [5, 5.41) is 13.7. The molecule has 0 bridgehead atoms. The van der Waals surface area contributed by atoms with Crippen LogP contribution >= 0.6 is 11.3 Å². The maximum absolute atomic E-state index is 5.66. The number of ether oxygens (including phenoxy) is 2. The van der Waals surface area contributed by atoms with Crippen molar-refractivity contribution < 1.29 is 9.47 Å². The molecule has 0 aliphatic carbocycles. The highest BCUT2D eigenvalue weighted by Gasteiger charge is 2.04. The largest absolute Gasteiger partial charge is 0.486 e. The molecular formula is C15H21N3O2S. The van der Waals surface area contributed by atoms with E-state index >= 15 is 0 Å². The van der Waals surface area contributed by atoms with E-state index in [-0.39, 0.29) is 0 Å². The molecule has 0 spiro atoms. The van der Waals surface area contributed by atoms with Crippen molar-refractivity contribution in [1.82, 2.24) is 15.5 Å². The molecule has 114 valence electrons. The maximum Gasteiger partial charge on any atom is 0.155 e. The van der Waals surface area contributed by atoms with Crippen molar-refractivity contribution in [2.45, 2.75) is 19.4 Å². The van der Waals surface area contributed by atoms with E-state index in [1.807, 2.05) is 30.3 Å². The SMILES string of the molecule is COCCNCCCc1nnc(COc2ccccc2)s1. The van der Waals surface area contributed by atoms with Crippen molar-refractivity contribution in [2.75, 3.05) is 26.8 Å². The highest BCUT2D eigenvalue weighted by Crippen LogP contribution is 2.15. The van der Waals surface area contributed by atoms with Gasteiger partial charge in [0.15, 0.2) is 5.01 Å². The predicted molar refractivity (Wildman–Crippen MR) is 83.7 cm³/mol. The second-order valence-electron chi connectivity index (χ2n) is 4.54. The van der Waals surface area contributed by atoms with Crippen molar-refractivity contribution in [2.24, 2.45) is 0 Å². The number of nitrogens with one attached hydrogen (secondary N) is 1. The number of para-hydroxylation sites is 1. The smallest absolute Gasteiger partial charge is 0.155 e. The van der Waals surface area contributed by atoms with Gasteiger partial charge in [-0.2, -0.15) is 0 Å². The number of aromatic nitrogens is 2. The van der Waals surface area contributed by atoms with Gasteiger partial charge in [-0.25, -0.2) is 0 Å². The third-order valence-corrected chi connectivity index (χ3v) is 3.80. The first kappa shape index (κ1) is 15.9. The molecule has 0 amide bonds. The topological polar surface area (TPSA) is 56.3 Å². The summed E-state index contributed by atoms with van der Waals surface area (Å²) in [7, 11) is 1.71. The Bertz CT molecular complexity index is 505. The Labute approximate surface area is 129 Å². The van der Waals surface area contributed by atoms with Gasteiger partial charge >= 0.3 is 0 Å². The molecule has 1 aromatic heterocycles. The number of hydrogen-bond acceptors (Lipinski definition) is 6. The van der Waals surface area contributed by atoms with Crippen LogP contribution in [0.2, 0.25) is 0 Å². The van der Waals surface area contributed by atoms with Gasteiger partial charge in [0, 0.05) is 20.1 Å². The van der Waals surface area contributed by atoms with Crippen molar-refractivity contribution >= 4 is 11.3 Å². The van der Waals surface area contributed by atoms with E-state index in [4.69, 9.17) is 9.47 Å². The molecule has 0 fully saturated rings. The monoisotopic (exact) mass is 307 g/mol. The molecule has 2 aromatic rings. The summed E-state index contributed by atoms with van der Waals surface area (Å²) in [6.45, 7) is 3.09. The minimum atomic E-state index is 0.480. The fourth-order valence-electron chi connectivity index (χ4n) is 1.77. The average Bonchev–Trinajstić information content (AvgIpc) is 2.98. The Morgan fingerprint density at radius 1 is 1.10 bits per heavy atom. The lowest BCUT2D eigenvalue weighted by Gasteiger charge is -2.02. The van der Waals surface area contributed by atoms with Gasteiger partial charge in [0.25, 0.3) is 0 Å². The van der Waals surface area contributed by atoms with Crippen molar-refractivity contribution in [3.63, 3.8) is 0 Å². The molecule has 0 unspecified atom stereocenters. The van der Waals surface area contributed by atoms with E-state index in [1.165, 1.54) is 0 Å². The molecule has 0 atom stereocenters. The van der Waals surface area contributed by atoms with Crippen LogP contribution in [-0.2, 0) is 17.8 Å². The summed E-state index contributed by atoms with van der Waals surface area (Å²) in [4.78, 5) is 0. The first-order valence-corrected chi connectivity index (χ1v) is 7.89. The van der Waals surface area contributed by atoms with Gasteiger partial charge in [-0.15, -0.1) is 10.2 Å². The molecule has 1 N–H and O–H groups in total. The molecule has 1 heterocycles. The minimum absolute atomic E-state index is 0.480. The summed E-state index contributed by atoms with van der Waals surface area (Å²) < 4.78 is 10.6. The summed E-state index contributed by atoms with van der Waals surface area (Å²) in [5.74, 6) is 0.858. The Balaban J connectivity index is 1.64. The number of methoxy groups -OCH3 is 1. The summed E-state index contributed by atoms with van der Waals surface area (Å²) in [6, 6.07) is 9.76. The zero-order valence-electron chi connectivity index (χ0n) is 12.2. The molecule has 1 aromatic carbocycles. The maximum atomic E-state index is 5.66. The second-order valence-corrected chi connectivity index (χ2v) is 5.68. The standard InChI is InChI=1S/C15H21N3O2S/c1-19-11-10-16-9-5-8-14-17-18-15(21-14)12-20-13-6-3-2-4-7-13/h2-4,6-7,16H,5,8-12H2,1H3. The van der Waals surface area contributed by atoms with Crippen LogP contribution in [0.4, 0.5) is 0 Å². The Kier molecular flexibility index (Phi) is 7.14. The molecule has 6 heteroatoms. The van der Waals surface area contributed by atoms with Crippen molar-refractivity contribution in [3.8, 4) is 5.75 Å². The Morgan fingerprint density at radius 3 is 2.71 bits per heavy atom. The third-order valence-electron chi connectivity index (χ3n) is 2.84. The zero-order chi connectivity index (χ0) is 14.8. The lowest BCUT2D eigenvalue weighted by Crippen LogP contribution is -2.20. The number of rotatable bonds is 10. The molecule has 5 nitrogen and oxygen atoms in total. The number of hydrogen-bond donors (Lipinski definition) is 1. The highest BCUT2D eigenvalue weighted by molar-refractivity contribution is 7.11. The first-order valence-electron chi connectivity index (χ1n) is 7.07. The molecule has 0 saturated carbocycles. The average molecular weight is 307 g/mol. The highest BCUT2D eigenvalue weighted by atomic mass is 32.1. The van der Waals surface area contributed by atoms with E-state index in [1.54, 1.807) is 18.4 Å². The minimum Gasteiger partial charge on any atom is -0.486 e. The number of nitrogens with zero attached hydrogens (tertiary/aromatic N) is 2. The van der Waals surface area contributed by atoms with Gasteiger partial charge in [0.1, 0.15) is 17.4 Å². The Morgan fingerprint density at radius 2 is 1.90 bits per heavy atom. The van der Waals surface area contributed by atoms with Crippen LogP contribution in [-0.4, -0.2) is 37.0 Å². The first-order chi connectivity index (χ1) is 10.4. The molecule has 0 radical (unpaired) electrons.